The molecule has 17 heavy (non-hydrogen) atoms. The van der Waals surface area contributed by atoms with Crippen LogP contribution in [-0.4, -0.2) is 13.4 Å². The number of rotatable bonds is 3. The lowest BCUT2D eigenvalue weighted by atomic mass is 9.83. The molecule has 0 aromatic heterocycles. The van der Waals surface area contributed by atoms with E-state index in [9.17, 15) is 4.79 Å². The highest BCUT2D eigenvalue weighted by molar-refractivity contribution is 5.94. The van der Waals surface area contributed by atoms with Crippen molar-refractivity contribution in [1.82, 2.24) is 0 Å². The van der Waals surface area contributed by atoms with E-state index in [-0.39, 0.29) is 0 Å². The molecule has 0 aliphatic heterocycles. The molecular weight excluding hydrogens is 212 g/mol. The van der Waals surface area contributed by atoms with E-state index >= 15 is 0 Å². The third-order valence-electron chi connectivity index (χ3n) is 3.08. The van der Waals surface area contributed by atoms with Crippen molar-refractivity contribution in [3.63, 3.8) is 0 Å². The van der Waals surface area contributed by atoms with Crippen LogP contribution in [0.1, 0.15) is 19.4 Å². The van der Waals surface area contributed by atoms with Gasteiger partial charge in [0.25, 0.3) is 0 Å². The number of hydrogen-bond acceptors (Lipinski definition) is 2. The molecule has 0 saturated carbocycles. The van der Waals surface area contributed by atoms with Crippen LogP contribution in [0.15, 0.2) is 36.4 Å². The van der Waals surface area contributed by atoms with Gasteiger partial charge in [0.1, 0.15) is 12.0 Å². The normalized spacial score (nSPS) is 11.5. The van der Waals surface area contributed by atoms with E-state index in [1.807, 2.05) is 50.2 Å². The third kappa shape index (κ3) is 1.91. The molecule has 2 aromatic rings. The van der Waals surface area contributed by atoms with E-state index in [1.54, 1.807) is 7.11 Å². The maximum Gasteiger partial charge on any atom is 0.129 e. The molecule has 2 nitrogen and oxygen atoms in total. The summed E-state index contributed by atoms with van der Waals surface area (Å²) in [5.41, 5.74) is 0.496. The van der Waals surface area contributed by atoms with Crippen LogP contribution < -0.4 is 4.74 Å². The summed E-state index contributed by atoms with van der Waals surface area (Å²) >= 11 is 0. The molecule has 0 radical (unpaired) electrons. The number of fused-ring (bicyclic) bond motifs is 1. The molecule has 0 spiro atoms. The lowest BCUT2D eigenvalue weighted by molar-refractivity contribution is -0.111. The first-order valence-electron chi connectivity index (χ1n) is 5.62. The van der Waals surface area contributed by atoms with Gasteiger partial charge in [-0.1, -0.05) is 30.3 Å². The Morgan fingerprint density at radius 2 is 1.76 bits per heavy atom. The lowest BCUT2D eigenvalue weighted by Gasteiger charge is -2.21. The van der Waals surface area contributed by atoms with Crippen molar-refractivity contribution in [3.8, 4) is 5.75 Å². The fourth-order valence-corrected chi connectivity index (χ4v) is 2.08. The lowest BCUT2D eigenvalue weighted by Crippen LogP contribution is -2.19. The number of methoxy groups -OCH3 is 1. The summed E-state index contributed by atoms with van der Waals surface area (Å²) in [6, 6.07) is 11.9. The Morgan fingerprint density at radius 3 is 2.35 bits per heavy atom. The summed E-state index contributed by atoms with van der Waals surface area (Å²) in [5.74, 6) is 0.813. The Balaban J connectivity index is 2.84. The molecule has 0 saturated heterocycles. The molecule has 0 aliphatic rings. The molecule has 2 heteroatoms. The van der Waals surface area contributed by atoms with Crippen LogP contribution in [0, 0.1) is 0 Å². The average Bonchev–Trinajstić information content (AvgIpc) is 2.37. The number of carbonyl (C=O) groups is 1. The monoisotopic (exact) mass is 228 g/mol. The Bertz CT molecular complexity index is 551. The summed E-state index contributed by atoms with van der Waals surface area (Å²) in [6.07, 6.45) is 0.980. The molecule has 0 fully saturated rings. The van der Waals surface area contributed by atoms with Crippen molar-refractivity contribution in [2.24, 2.45) is 0 Å². The van der Waals surface area contributed by atoms with E-state index in [1.165, 1.54) is 0 Å². The average molecular weight is 228 g/mol. The van der Waals surface area contributed by atoms with Crippen LogP contribution in [-0.2, 0) is 10.2 Å². The van der Waals surface area contributed by atoms with Crippen molar-refractivity contribution in [3.05, 3.63) is 42.0 Å². The quantitative estimate of drug-likeness (QED) is 0.753. The summed E-state index contributed by atoms with van der Waals surface area (Å²) < 4.78 is 5.39. The summed E-state index contributed by atoms with van der Waals surface area (Å²) in [5, 5.41) is 2.12. The van der Waals surface area contributed by atoms with Crippen LogP contribution >= 0.6 is 0 Å². The molecule has 88 valence electrons. The number of carbonyl (C=O) groups excluding carboxylic acids is 1. The van der Waals surface area contributed by atoms with Gasteiger partial charge in [-0.05, 0) is 30.9 Å². The highest BCUT2D eigenvalue weighted by Gasteiger charge is 2.23. The van der Waals surface area contributed by atoms with Crippen molar-refractivity contribution in [1.29, 1.82) is 0 Å². The van der Waals surface area contributed by atoms with Gasteiger partial charge in [0.05, 0.1) is 7.11 Å². The first-order chi connectivity index (χ1) is 8.10. The van der Waals surface area contributed by atoms with Crippen LogP contribution in [0.25, 0.3) is 10.8 Å². The zero-order valence-electron chi connectivity index (χ0n) is 10.4. The minimum atomic E-state index is -0.506. The Hall–Kier alpha value is -1.83. The molecule has 0 bridgehead atoms. The van der Waals surface area contributed by atoms with E-state index in [0.717, 1.165) is 28.4 Å². The van der Waals surface area contributed by atoms with Gasteiger partial charge in [-0.15, -0.1) is 0 Å². The van der Waals surface area contributed by atoms with Gasteiger partial charge < -0.3 is 9.53 Å². The van der Waals surface area contributed by atoms with Crippen LogP contribution in [0.4, 0.5) is 0 Å². The van der Waals surface area contributed by atoms with Crippen LogP contribution in [0.2, 0.25) is 0 Å². The number of hydrogen-bond donors (Lipinski definition) is 0. The maximum absolute atomic E-state index is 11.2. The van der Waals surface area contributed by atoms with Gasteiger partial charge in [-0.3, -0.25) is 0 Å². The van der Waals surface area contributed by atoms with E-state index in [0.29, 0.717) is 0 Å². The van der Waals surface area contributed by atoms with Gasteiger partial charge >= 0.3 is 0 Å². The Labute approximate surface area is 101 Å². The Morgan fingerprint density at radius 1 is 1.12 bits per heavy atom. The van der Waals surface area contributed by atoms with Crippen molar-refractivity contribution >= 4 is 17.1 Å². The number of aldehydes is 1. The van der Waals surface area contributed by atoms with Crippen molar-refractivity contribution in [2.45, 2.75) is 19.3 Å². The highest BCUT2D eigenvalue weighted by atomic mass is 16.5. The maximum atomic E-state index is 11.2. The van der Waals surface area contributed by atoms with Crippen LogP contribution in [0.5, 0.6) is 5.75 Å². The Kier molecular flexibility index (Phi) is 2.88. The molecule has 2 aromatic carbocycles. The smallest absolute Gasteiger partial charge is 0.129 e. The van der Waals surface area contributed by atoms with Gasteiger partial charge in [-0.2, -0.15) is 0 Å². The number of benzene rings is 2. The second-order valence-corrected chi connectivity index (χ2v) is 4.70. The molecular formula is C15H16O2. The topological polar surface area (TPSA) is 26.3 Å². The fraction of sp³-hybridized carbons (Fsp3) is 0.267. The molecule has 0 amide bonds. The first kappa shape index (κ1) is 11.6. The second kappa shape index (κ2) is 4.21. The molecule has 2 rings (SSSR count). The number of ether oxygens (including phenoxy) is 1. The third-order valence-corrected chi connectivity index (χ3v) is 3.08. The molecule has 0 atom stereocenters. The van der Waals surface area contributed by atoms with Crippen molar-refractivity contribution in [2.75, 3.05) is 7.11 Å². The summed E-state index contributed by atoms with van der Waals surface area (Å²) in [6.45, 7) is 3.84. The SMILES string of the molecule is COc1cccc2cccc(C(C)(C)C=O)c12. The predicted octanol–water partition coefficient (Wildman–Crippen LogP) is 3.32. The summed E-state index contributed by atoms with van der Waals surface area (Å²) in [4.78, 5) is 11.2. The minimum Gasteiger partial charge on any atom is -0.496 e. The zero-order valence-corrected chi connectivity index (χ0v) is 10.4. The predicted molar refractivity (Wildman–Crippen MR) is 69.6 cm³/mol. The van der Waals surface area contributed by atoms with Gasteiger partial charge in [-0.25, -0.2) is 0 Å². The molecule has 0 N–H and O–H groups in total. The standard InChI is InChI=1S/C15H16O2/c1-15(2,10-16)12-8-4-6-11-7-5-9-13(17-3)14(11)12/h4-10H,1-3H3. The van der Waals surface area contributed by atoms with E-state index in [2.05, 4.69) is 0 Å². The van der Waals surface area contributed by atoms with E-state index < -0.39 is 5.41 Å². The summed E-state index contributed by atoms with van der Waals surface area (Å²) in [7, 11) is 1.65. The fourth-order valence-electron chi connectivity index (χ4n) is 2.08. The molecule has 0 unspecified atom stereocenters. The minimum absolute atomic E-state index is 0.506. The second-order valence-electron chi connectivity index (χ2n) is 4.70. The molecule has 0 heterocycles. The first-order valence-corrected chi connectivity index (χ1v) is 5.62. The van der Waals surface area contributed by atoms with Crippen LogP contribution in [0.3, 0.4) is 0 Å². The van der Waals surface area contributed by atoms with Gasteiger partial charge in [0, 0.05) is 10.8 Å². The highest BCUT2D eigenvalue weighted by Crippen LogP contribution is 2.34. The van der Waals surface area contributed by atoms with Gasteiger partial charge in [0.2, 0.25) is 0 Å². The molecule has 0 aliphatic carbocycles. The zero-order chi connectivity index (χ0) is 12.5. The largest absolute Gasteiger partial charge is 0.496 e. The van der Waals surface area contributed by atoms with E-state index in [4.69, 9.17) is 4.74 Å². The van der Waals surface area contributed by atoms with Crippen molar-refractivity contribution < 1.29 is 9.53 Å². The van der Waals surface area contributed by atoms with Gasteiger partial charge in [0.15, 0.2) is 0 Å².